The Bertz CT molecular complexity index is 1500. The molecule has 0 fully saturated rings. The molecule has 0 radical (unpaired) electrons. The van der Waals surface area contributed by atoms with E-state index >= 15 is 0 Å². The number of tetrazole rings is 1. The van der Waals surface area contributed by atoms with Gasteiger partial charge in [-0.25, -0.2) is 0 Å². The molecule has 4 rings (SSSR count). The zero-order valence-corrected chi connectivity index (χ0v) is 22.6. The Balaban J connectivity index is 1.81. The van der Waals surface area contributed by atoms with Crippen molar-refractivity contribution in [2.75, 3.05) is 12.0 Å². The van der Waals surface area contributed by atoms with Crippen molar-refractivity contribution in [2.24, 2.45) is 7.05 Å². The lowest BCUT2D eigenvalue weighted by Crippen LogP contribution is -2.26. The number of aromatic nitrogens is 4. The number of anilines is 1. The Morgan fingerprint density at radius 3 is 1.86 bits per heavy atom. The minimum atomic E-state index is -5.09. The Kier molecular flexibility index (Phi) is 9.04. The first-order valence-electron chi connectivity index (χ1n) is 12.6. The van der Waals surface area contributed by atoms with Gasteiger partial charge in [0.05, 0.1) is 29.8 Å². The molecule has 0 N–H and O–H groups in total. The van der Waals surface area contributed by atoms with E-state index in [1.54, 1.807) is 30.3 Å². The zero-order chi connectivity index (χ0) is 31.6. The molecule has 0 spiro atoms. The summed E-state index contributed by atoms with van der Waals surface area (Å²) in [5, 5.41) is 11.5. The Hall–Kier alpha value is -4.14. The van der Waals surface area contributed by atoms with Crippen LogP contribution in [0.1, 0.15) is 45.0 Å². The minimum absolute atomic E-state index is 0.00785. The summed E-state index contributed by atoms with van der Waals surface area (Å²) in [7, 11) is 2.75. The molecule has 15 heteroatoms. The summed E-state index contributed by atoms with van der Waals surface area (Å²) in [6.45, 7) is -1.05. The van der Waals surface area contributed by atoms with Crippen LogP contribution in [-0.4, -0.2) is 27.3 Å². The summed E-state index contributed by atoms with van der Waals surface area (Å²) in [6, 6.07) is 13.0. The summed E-state index contributed by atoms with van der Waals surface area (Å²) >= 11 is 0. The molecule has 0 aliphatic heterocycles. The van der Waals surface area contributed by atoms with Gasteiger partial charge in [-0.15, -0.1) is 5.10 Å². The third kappa shape index (κ3) is 8.03. The minimum Gasteiger partial charge on any atom is -0.376 e. The highest BCUT2D eigenvalue weighted by atomic mass is 19.4. The van der Waals surface area contributed by atoms with Crippen molar-refractivity contribution in [3.8, 4) is 0 Å². The van der Waals surface area contributed by atoms with Gasteiger partial charge in [-0.2, -0.15) is 44.3 Å². The van der Waals surface area contributed by atoms with E-state index in [0.717, 1.165) is 27.4 Å². The van der Waals surface area contributed by atoms with E-state index in [1.807, 2.05) is 0 Å². The summed E-state index contributed by atoms with van der Waals surface area (Å²) in [4.78, 5) is 2.15. The third-order valence-electron chi connectivity index (χ3n) is 6.53. The molecule has 1 heterocycles. The molecule has 1 aromatic heterocycles. The highest BCUT2D eigenvalue weighted by Gasteiger charge is 2.37. The first-order valence-corrected chi connectivity index (χ1v) is 12.6. The van der Waals surface area contributed by atoms with Crippen LogP contribution in [0.3, 0.4) is 0 Å². The molecule has 0 amide bonds. The molecule has 230 valence electrons. The molecule has 0 saturated heterocycles. The smallest absolute Gasteiger partial charge is 0.376 e. The Morgan fingerprint density at radius 2 is 1.35 bits per heavy atom. The van der Waals surface area contributed by atoms with E-state index in [4.69, 9.17) is 4.74 Å². The van der Waals surface area contributed by atoms with Crippen LogP contribution in [0.2, 0.25) is 0 Å². The van der Waals surface area contributed by atoms with Crippen molar-refractivity contribution in [1.82, 2.24) is 20.2 Å². The lowest BCUT2D eigenvalue weighted by atomic mass is 9.94. The topological polar surface area (TPSA) is 56.1 Å². The molecule has 1 atom stereocenters. The lowest BCUT2D eigenvalue weighted by Gasteiger charge is -2.26. The summed E-state index contributed by atoms with van der Waals surface area (Å²) in [6.07, 6.45) is -15.4. The average molecular weight is 618 g/mol. The van der Waals surface area contributed by atoms with Gasteiger partial charge in [0, 0.05) is 26.6 Å². The van der Waals surface area contributed by atoms with Crippen molar-refractivity contribution < 1.29 is 44.3 Å². The molecule has 0 saturated carbocycles. The summed E-state index contributed by atoms with van der Waals surface area (Å²) in [5.41, 5.74) is -3.31. The van der Waals surface area contributed by atoms with Gasteiger partial charge in [0.1, 0.15) is 0 Å². The normalized spacial score (nSPS) is 13.3. The molecule has 0 unspecified atom stereocenters. The van der Waals surface area contributed by atoms with Gasteiger partial charge in [-0.3, -0.25) is 0 Å². The van der Waals surface area contributed by atoms with E-state index < -0.39 is 60.0 Å². The maximum atomic E-state index is 13.8. The first kappa shape index (κ1) is 31.8. The molecular formula is C28H24F9N5O. The second-order valence-electron chi connectivity index (χ2n) is 9.67. The average Bonchev–Trinajstić information content (AvgIpc) is 3.36. The first-order chi connectivity index (χ1) is 20.0. The molecule has 0 aliphatic carbocycles. The quantitative estimate of drug-likeness (QED) is 0.183. The van der Waals surface area contributed by atoms with Crippen LogP contribution >= 0.6 is 0 Å². The number of nitrogens with zero attached hydrogens (tertiary/aromatic N) is 5. The fraction of sp³-hybridized carbons (Fsp3) is 0.321. The largest absolute Gasteiger partial charge is 0.416 e. The van der Waals surface area contributed by atoms with Crippen molar-refractivity contribution >= 4 is 5.95 Å². The molecule has 4 aromatic rings. The van der Waals surface area contributed by atoms with Gasteiger partial charge in [0.25, 0.3) is 5.95 Å². The van der Waals surface area contributed by atoms with Crippen LogP contribution in [0.4, 0.5) is 45.5 Å². The number of alkyl halides is 9. The van der Waals surface area contributed by atoms with E-state index in [1.165, 1.54) is 20.2 Å². The predicted octanol–water partition coefficient (Wildman–Crippen LogP) is 7.40. The Morgan fingerprint density at radius 1 is 0.744 bits per heavy atom. The molecule has 6 nitrogen and oxygen atoms in total. The molecule has 3 aromatic carbocycles. The number of rotatable bonds is 9. The maximum absolute atomic E-state index is 13.8. The van der Waals surface area contributed by atoms with Crippen molar-refractivity contribution in [1.29, 1.82) is 0 Å². The van der Waals surface area contributed by atoms with Crippen LogP contribution in [0.5, 0.6) is 0 Å². The lowest BCUT2D eigenvalue weighted by molar-refractivity contribution is -0.143. The van der Waals surface area contributed by atoms with Crippen molar-refractivity contribution in [2.45, 2.75) is 44.1 Å². The number of benzene rings is 3. The fourth-order valence-electron chi connectivity index (χ4n) is 4.52. The van der Waals surface area contributed by atoms with E-state index in [0.29, 0.717) is 17.7 Å². The third-order valence-corrected chi connectivity index (χ3v) is 6.53. The molecular weight excluding hydrogens is 593 g/mol. The van der Waals surface area contributed by atoms with Gasteiger partial charge in [0.15, 0.2) is 0 Å². The molecule has 0 bridgehead atoms. The van der Waals surface area contributed by atoms with Crippen LogP contribution < -0.4 is 4.90 Å². The van der Waals surface area contributed by atoms with E-state index in [-0.39, 0.29) is 24.0 Å². The van der Waals surface area contributed by atoms with Crippen LogP contribution in [0.15, 0.2) is 66.7 Å². The summed E-state index contributed by atoms with van der Waals surface area (Å²) < 4.78 is 128. The standard InChI is InChI=1S/C28H24F9N5O/c1-41-39-25(38-40-41)42(15-18-10-21(27(32,33)34)14-22(11-18)28(35,36)37)16-19-13-20(26(29,30)31)8-9-23(19)24(43-2)12-17-6-4-3-5-7-17/h3-11,13-14,24H,12,15-16H2,1-2H3/t24-/m1/s1. The zero-order valence-electron chi connectivity index (χ0n) is 22.6. The fourth-order valence-corrected chi connectivity index (χ4v) is 4.52. The number of hydrogen-bond donors (Lipinski definition) is 0. The van der Waals surface area contributed by atoms with E-state index in [9.17, 15) is 39.5 Å². The van der Waals surface area contributed by atoms with Crippen LogP contribution in [0, 0.1) is 0 Å². The Labute approximate surface area is 239 Å². The molecule has 0 aliphatic rings. The van der Waals surface area contributed by atoms with Gasteiger partial charge in [-0.1, -0.05) is 41.5 Å². The van der Waals surface area contributed by atoms with Gasteiger partial charge < -0.3 is 9.64 Å². The number of hydrogen-bond acceptors (Lipinski definition) is 5. The van der Waals surface area contributed by atoms with Crippen LogP contribution in [0.25, 0.3) is 0 Å². The van der Waals surface area contributed by atoms with E-state index in [2.05, 4.69) is 15.4 Å². The molecule has 43 heavy (non-hydrogen) atoms. The second-order valence-corrected chi connectivity index (χ2v) is 9.67. The number of ether oxygens (including phenoxy) is 1. The second kappa shape index (κ2) is 12.2. The van der Waals surface area contributed by atoms with Crippen molar-refractivity contribution in [3.63, 3.8) is 0 Å². The highest BCUT2D eigenvalue weighted by molar-refractivity contribution is 5.42. The number of aryl methyl sites for hydroxylation is 1. The van der Waals surface area contributed by atoms with Crippen LogP contribution in [-0.2, 0) is 49.8 Å². The SMILES string of the molecule is CO[C@H](Cc1ccccc1)c1ccc(C(F)(F)F)cc1CN(Cc1cc(C(F)(F)F)cc(C(F)(F)F)c1)c1nnn(C)n1. The number of methoxy groups -OCH3 is 1. The summed E-state index contributed by atoms with van der Waals surface area (Å²) in [5.74, 6) is -0.228. The van der Waals surface area contributed by atoms with Crippen molar-refractivity contribution in [3.05, 3.63) is 106 Å². The highest BCUT2D eigenvalue weighted by Crippen LogP contribution is 2.38. The monoisotopic (exact) mass is 617 g/mol. The van der Waals surface area contributed by atoms with Gasteiger partial charge >= 0.3 is 18.5 Å². The number of halogens is 9. The predicted molar refractivity (Wildman–Crippen MR) is 136 cm³/mol. The maximum Gasteiger partial charge on any atom is 0.416 e. The van der Waals surface area contributed by atoms with Gasteiger partial charge in [0.2, 0.25) is 0 Å². The van der Waals surface area contributed by atoms with Gasteiger partial charge in [-0.05, 0) is 57.8 Å².